The van der Waals surface area contributed by atoms with Crippen molar-refractivity contribution >= 4 is 27.9 Å². The van der Waals surface area contributed by atoms with Crippen LogP contribution in [0.1, 0.15) is 23.6 Å². The summed E-state index contributed by atoms with van der Waals surface area (Å²) >= 11 is 3.52. The molecule has 0 unspecified atom stereocenters. The van der Waals surface area contributed by atoms with Crippen molar-refractivity contribution in [3.8, 4) is 17.2 Å². The van der Waals surface area contributed by atoms with Gasteiger partial charge < -0.3 is 24.4 Å². The van der Waals surface area contributed by atoms with Gasteiger partial charge in [-0.15, -0.1) is 0 Å². The minimum atomic E-state index is -1.82. The summed E-state index contributed by atoms with van der Waals surface area (Å²) in [5.41, 5.74) is 3.84. The summed E-state index contributed by atoms with van der Waals surface area (Å²) in [4.78, 5) is 20.7. The fraction of sp³-hybridized carbons (Fsp3) is 0.259. The molecule has 0 amide bonds. The molecular weight excluding hydrogens is 530 g/mol. The quantitative estimate of drug-likeness (QED) is 0.355. The van der Waals surface area contributed by atoms with Crippen LogP contribution in [-0.2, 0) is 29.1 Å². The third-order valence-corrected chi connectivity index (χ3v) is 5.83. The molecule has 36 heavy (non-hydrogen) atoms. The number of halogens is 1. The first kappa shape index (κ1) is 27.0. The smallest absolute Gasteiger partial charge is 0.414 e. The van der Waals surface area contributed by atoms with Crippen LogP contribution in [0.2, 0.25) is 0 Å². The molecule has 0 aliphatic carbocycles. The zero-order valence-corrected chi connectivity index (χ0v) is 21.4. The molecular formula is C27H28BrNO7. The van der Waals surface area contributed by atoms with E-state index in [4.69, 9.17) is 34.0 Å². The van der Waals surface area contributed by atoms with Crippen molar-refractivity contribution in [2.75, 3.05) is 19.9 Å². The Bertz CT molecular complexity index is 1140. The van der Waals surface area contributed by atoms with Gasteiger partial charge in [0.05, 0.1) is 6.61 Å². The number of hydrogen-bond acceptors (Lipinski definition) is 6. The van der Waals surface area contributed by atoms with Crippen LogP contribution in [-0.4, -0.2) is 47.0 Å². The molecule has 0 atom stereocenters. The summed E-state index contributed by atoms with van der Waals surface area (Å²) in [5, 5.41) is 14.8. The molecule has 0 radical (unpaired) electrons. The van der Waals surface area contributed by atoms with Crippen molar-refractivity contribution in [3.05, 3.63) is 87.9 Å². The summed E-state index contributed by atoms with van der Waals surface area (Å²) < 4.78 is 17.6. The van der Waals surface area contributed by atoms with Gasteiger partial charge in [0.15, 0.2) is 11.5 Å². The second-order valence-corrected chi connectivity index (χ2v) is 8.88. The van der Waals surface area contributed by atoms with Crippen molar-refractivity contribution in [2.45, 2.75) is 26.4 Å². The molecule has 2 N–H and O–H groups in total. The second-order valence-electron chi connectivity index (χ2n) is 7.96. The normalized spacial score (nSPS) is 11.5. The number of hydrogen-bond donors (Lipinski definition) is 2. The van der Waals surface area contributed by atoms with Crippen molar-refractivity contribution in [1.29, 1.82) is 0 Å². The van der Waals surface area contributed by atoms with Crippen molar-refractivity contribution < 1.29 is 34.0 Å². The van der Waals surface area contributed by atoms with Crippen LogP contribution >= 0.6 is 15.9 Å². The molecule has 1 aliphatic heterocycles. The molecule has 3 aromatic rings. The predicted octanol–water partition coefficient (Wildman–Crippen LogP) is 4.98. The van der Waals surface area contributed by atoms with Crippen molar-refractivity contribution in [2.24, 2.45) is 0 Å². The molecule has 0 saturated heterocycles. The molecule has 0 bridgehead atoms. The number of benzene rings is 3. The van der Waals surface area contributed by atoms with E-state index in [1.54, 1.807) is 0 Å². The lowest BCUT2D eigenvalue weighted by Crippen LogP contribution is -2.25. The van der Waals surface area contributed by atoms with Crippen LogP contribution in [0, 0.1) is 0 Å². The lowest BCUT2D eigenvalue weighted by atomic mass is 10.1. The maximum absolute atomic E-state index is 9.10. The summed E-state index contributed by atoms with van der Waals surface area (Å²) in [6.45, 7) is 5.72. The summed E-state index contributed by atoms with van der Waals surface area (Å²) in [6.07, 6.45) is 0.949. The number of aliphatic carboxylic acids is 2. The molecule has 0 fully saturated rings. The van der Waals surface area contributed by atoms with E-state index in [2.05, 4.69) is 81.5 Å². The van der Waals surface area contributed by atoms with Gasteiger partial charge in [-0.1, -0.05) is 46.3 Å². The number of nitrogens with zero attached hydrogens (tertiary/aromatic N) is 1. The van der Waals surface area contributed by atoms with E-state index in [-0.39, 0.29) is 0 Å². The molecule has 8 nitrogen and oxygen atoms in total. The fourth-order valence-electron chi connectivity index (χ4n) is 3.56. The van der Waals surface area contributed by atoms with Gasteiger partial charge in [0.25, 0.3) is 0 Å². The van der Waals surface area contributed by atoms with E-state index in [9.17, 15) is 0 Å². The van der Waals surface area contributed by atoms with E-state index in [0.717, 1.165) is 47.8 Å². The standard InChI is InChI=1S/C25H26BrNO3.C2H2O4/c1-2-28-23-10-5-21(6-11-23)17-27(16-20-3-8-22(26)9-4-20)14-13-19-7-12-24-25(15-19)30-18-29-24;3-1(4)2(5)6/h3-12,15H,2,13-14,16-18H2,1H3;(H,3,4)(H,5,6). The van der Waals surface area contributed by atoms with Gasteiger partial charge >= 0.3 is 11.9 Å². The first-order valence-electron chi connectivity index (χ1n) is 11.4. The van der Waals surface area contributed by atoms with Crippen molar-refractivity contribution in [3.63, 3.8) is 0 Å². The van der Waals surface area contributed by atoms with E-state index in [1.807, 2.05) is 13.0 Å². The number of rotatable bonds is 9. The van der Waals surface area contributed by atoms with Crippen LogP contribution < -0.4 is 14.2 Å². The summed E-state index contributed by atoms with van der Waals surface area (Å²) in [5.74, 6) is -1.05. The molecule has 190 valence electrons. The molecule has 1 aliphatic rings. The number of carboxylic acid groups (broad SMARTS) is 2. The SMILES string of the molecule is CCOc1ccc(CN(CCc2ccc3c(c2)OCO3)Cc2ccc(Br)cc2)cc1.O=C(O)C(=O)O. The number of carboxylic acids is 2. The topological polar surface area (TPSA) is 106 Å². The van der Waals surface area contributed by atoms with E-state index >= 15 is 0 Å². The Morgan fingerprint density at radius 3 is 2.00 bits per heavy atom. The average molecular weight is 558 g/mol. The Labute approximate surface area is 218 Å². The number of ether oxygens (including phenoxy) is 3. The number of carbonyl (C=O) groups is 2. The maximum atomic E-state index is 9.10. The van der Waals surface area contributed by atoms with Crippen LogP contribution in [0.4, 0.5) is 0 Å². The Morgan fingerprint density at radius 2 is 1.42 bits per heavy atom. The van der Waals surface area contributed by atoms with E-state index in [0.29, 0.717) is 13.4 Å². The molecule has 1 heterocycles. The predicted molar refractivity (Wildman–Crippen MR) is 137 cm³/mol. The molecule has 0 saturated carbocycles. The van der Waals surface area contributed by atoms with E-state index < -0.39 is 11.9 Å². The van der Waals surface area contributed by atoms with Crippen LogP contribution in [0.15, 0.2) is 71.2 Å². The van der Waals surface area contributed by atoms with Crippen LogP contribution in [0.25, 0.3) is 0 Å². The van der Waals surface area contributed by atoms with Gasteiger partial charge in [0.1, 0.15) is 5.75 Å². The largest absolute Gasteiger partial charge is 0.494 e. The van der Waals surface area contributed by atoms with Gasteiger partial charge in [-0.25, -0.2) is 9.59 Å². The van der Waals surface area contributed by atoms with Gasteiger partial charge in [0, 0.05) is 24.1 Å². The highest BCUT2D eigenvalue weighted by Gasteiger charge is 2.14. The van der Waals surface area contributed by atoms with Gasteiger partial charge in [0.2, 0.25) is 6.79 Å². The van der Waals surface area contributed by atoms with Gasteiger partial charge in [-0.2, -0.15) is 0 Å². The monoisotopic (exact) mass is 557 g/mol. The molecule has 3 aromatic carbocycles. The highest BCUT2D eigenvalue weighted by molar-refractivity contribution is 9.10. The zero-order chi connectivity index (χ0) is 25.9. The molecule has 4 rings (SSSR count). The second kappa shape index (κ2) is 13.5. The summed E-state index contributed by atoms with van der Waals surface area (Å²) in [6, 6.07) is 23.2. The minimum Gasteiger partial charge on any atom is -0.494 e. The van der Waals surface area contributed by atoms with Crippen LogP contribution in [0.3, 0.4) is 0 Å². The Kier molecular flexibility index (Phi) is 10.1. The third kappa shape index (κ3) is 8.58. The van der Waals surface area contributed by atoms with E-state index in [1.165, 1.54) is 16.7 Å². The zero-order valence-electron chi connectivity index (χ0n) is 19.9. The average Bonchev–Trinajstić information content (AvgIpc) is 3.33. The van der Waals surface area contributed by atoms with Crippen molar-refractivity contribution in [1.82, 2.24) is 4.90 Å². The third-order valence-electron chi connectivity index (χ3n) is 5.30. The highest BCUT2D eigenvalue weighted by Crippen LogP contribution is 2.32. The van der Waals surface area contributed by atoms with Gasteiger partial charge in [-0.3, -0.25) is 4.90 Å². The minimum absolute atomic E-state index is 0.312. The number of fused-ring (bicyclic) bond motifs is 1. The first-order chi connectivity index (χ1) is 17.3. The lowest BCUT2D eigenvalue weighted by Gasteiger charge is -2.23. The Hall–Kier alpha value is -3.56. The molecule has 9 heteroatoms. The maximum Gasteiger partial charge on any atom is 0.414 e. The molecule has 0 aromatic heterocycles. The molecule has 0 spiro atoms. The van der Waals surface area contributed by atoms with Crippen LogP contribution in [0.5, 0.6) is 17.2 Å². The fourth-order valence-corrected chi connectivity index (χ4v) is 3.83. The highest BCUT2D eigenvalue weighted by atomic mass is 79.9. The first-order valence-corrected chi connectivity index (χ1v) is 12.2. The Balaban J connectivity index is 0.000000538. The summed E-state index contributed by atoms with van der Waals surface area (Å²) in [7, 11) is 0. The van der Waals surface area contributed by atoms with Gasteiger partial charge in [-0.05, 0) is 66.4 Å². The Morgan fingerprint density at radius 1 is 0.861 bits per heavy atom. The lowest BCUT2D eigenvalue weighted by molar-refractivity contribution is -0.159.